The largest absolute Gasteiger partial charge is 0.456 e. The van der Waals surface area contributed by atoms with E-state index in [1.165, 1.54) is 11.3 Å². The normalized spacial score (nSPS) is 27.1. The van der Waals surface area contributed by atoms with Crippen molar-refractivity contribution < 1.29 is 19.1 Å². The zero-order chi connectivity index (χ0) is 15.9. The maximum absolute atomic E-state index is 12.2. The van der Waals surface area contributed by atoms with E-state index in [0.29, 0.717) is 17.1 Å². The number of amides is 1. The Labute approximate surface area is 144 Å². The summed E-state index contributed by atoms with van der Waals surface area (Å²) in [5.41, 5.74) is 0. The van der Waals surface area contributed by atoms with Gasteiger partial charge in [-0.2, -0.15) is 0 Å². The second kappa shape index (κ2) is 5.98. The number of esters is 1. The molecule has 118 valence electrons. The highest BCUT2D eigenvalue weighted by Crippen LogP contribution is 2.47. The lowest BCUT2D eigenvalue weighted by Crippen LogP contribution is -2.46. The highest BCUT2D eigenvalue weighted by Gasteiger charge is 2.53. The molecular weight excluding hydrogens is 390 g/mol. The summed E-state index contributed by atoms with van der Waals surface area (Å²) in [4.78, 5) is 38.0. The zero-order valence-corrected chi connectivity index (χ0v) is 15.1. The molecule has 0 aliphatic carbocycles. The molecule has 0 radical (unpaired) electrons. The Hall–Kier alpha value is -0.860. The Morgan fingerprint density at radius 1 is 1.50 bits per heavy atom. The number of fused-ring (bicyclic) bond motifs is 1. The molecule has 22 heavy (non-hydrogen) atoms. The van der Waals surface area contributed by atoms with Gasteiger partial charge in [-0.15, -0.1) is 23.1 Å². The van der Waals surface area contributed by atoms with Gasteiger partial charge in [0.1, 0.15) is 6.04 Å². The van der Waals surface area contributed by atoms with E-state index in [4.69, 9.17) is 4.74 Å². The Morgan fingerprint density at radius 3 is 2.95 bits per heavy atom. The van der Waals surface area contributed by atoms with Crippen LogP contribution in [-0.4, -0.2) is 45.8 Å². The molecule has 2 aliphatic rings. The van der Waals surface area contributed by atoms with E-state index in [2.05, 4.69) is 15.9 Å². The van der Waals surface area contributed by atoms with Gasteiger partial charge >= 0.3 is 5.97 Å². The van der Waals surface area contributed by atoms with E-state index in [-0.39, 0.29) is 23.2 Å². The van der Waals surface area contributed by atoms with Gasteiger partial charge in [0.15, 0.2) is 6.61 Å². The number of rotatable bonds is 4. The van der Waals surface area contributed by atoms with Crippen LogP contribution in [0.5, 0.6) is 0 Å². The van der Waals surface area contributed by atoms with Crippen molar-refractivity contribution in [2.75, 3.05) is 12.4 Å². The van der Waals surface area contributed by atoms with Crippen LogP contribution in [0.25, 0.3) is 0 Å². The number of ether oxygens (including phenoxy) is 1. The molecule has 1 aromatic heterocycles. The second-order valence-electron chi connectivity index (χ2n) is 5.40. The Bertz CT molecular complexity index is 647. The summed E-state index contributed by atoms with van der Waals surface area (Å²) in [5.74, 6) is -0.205. The predicted molar refractivity (Wildman–Crippen MR) is 88.0 cm³/mol. The summed E-state index contributed by atoms with van der Waals surface area (Å²) in [6.07, 6.45) is 1.22. The van der Waals surface area contributed by atoms with Crippen molar-refractivity contribution in [2.45, 2.75) is 30.7 Å². The van der Waals surface area contributed by atoms with E-state index >= 15 is 0 Å². The van der Waals surface area contributed by atoms with Crippen molar-refractivity contribution in [1.29, 1.82) is 0 Å². The Balaban J connectivity index is 1.61. The molecule has 1 aromatic rings. The molecule has 0 saturated carbocycles. The topological polar surface area (TPSA) is 63.7 Å². The summed E-state index contributed by atoms with van der Waals surface area (Å²) in [6, 6.07) is 2.90. The number of nitrogens with zero attached hydrogens (tertiary/aromatic N) is 1. The van der Waals surface area contributed by atoms with Crippen LogP contribution in [0.2, 0.25) is 0 Å². The first-order chi connectivity index (χ1) is 10.4. The van der Waals surface area contributed by atoms with Crippen molar-refractivity contribution in [3.63, 3.8) is 0 Å². The van der Waals surface area contributed by atoms with Gasteiger partial charge in [0.05, 0.1) is 13.5 Å². The van der Waals surface area contributed by atoms with Gasteiger partial charge in [-0.1, -0.05) is 0 Å². The molecule has 5 nitrogen and oxygen atoms in total. The van der Waals surface area contributed by atoms with Crippen LogP contribution < -0.4 is 0 Å². The number of Topliss-reactive ketones (excluding diaryl/α,β-unsaturated/α-hetero) is 1. The molecule has 2 fully saturated rings. The van der Waals surface area contributed by atoms with E-state index in [1.54, 1.807) is 28.8 Å². The molecule has 0 unspecified atom stereocenters. The first-order valence-electron chi connectivity index (χ1n) is 6.82. The quantitative estimate of drug-likeness (QED) is 0.571. The molecule has 2 aliphatic heterocycles. The average molecular weight is 404 g/mol. The molecule has 0 spiro atoms. The molecule has 2 atom stereocenters. The van der Waals surface area contributed by atoms with Gasteiger partial charge in [0.25, 0.3) is 0 Å². The third kappa shape index (κ3) is 2.83. The number of hydrogen-bond acceptors (Lipinski definition) is 6. The first-order valence-corrected chi connectivity index (χ1v) is 9.41. The smallest absolute Gasteiger partial charge is 0.330 e. The first kappa shape index (κ1) is 16.0. The van der Waals surface area contributed by atoms with Crippen molar-refractivity contribution in [3.05, 3.63) is 20.8 Å². The van der Waals surface area contributed by atoms with Crippen LogP contribution in [0.3, 0.4) is 0 Å². The maximum Gasteiger partial charge on any atom is 0.330 e. The number of thioether (sulfide) groups is 1. The molecule has 3 heterocycles. The van der Waals surface area contributed by atoms with Crippen LogP contribution in [0.15, 0.2) is 15.9 Å². The number of carbonyl (C=O) groups excluding carboxylic acids is 3. The fraction of sp³-hybridized carbons (Fsp3) is 0.500. The lowest BCUT2D eigenvalue weighted by Gasteiger charge is -2.29. The second-order valence-corrected chi connectivity index (χ2v) is 9.36. The number of hydrogen-bond donors (Lipinski definition) is 0. The average Bonchev–Trinajstić information content (AvgIpc) is 3.13. The lowest BCUT2D eigenvalue weighted by molar-refractivity contribution is -0.152. The van der Waals surface area contributed by atoms with Gasteiger partial charge < -0.3 is 9.64 Å². The van der Waals surface area contributed by atoms with E-state index in [9.17, 15) is 14.4 Å². The maximum atomic E-state index is 12.2. The van der Waals surface area contributed by atoms with Crippen LogP contribution in [0.1, 0.15) is 29.4 Å². The van der Waals surface area contributed by atoms with Crippen molar-refractivity contribution in [2.24, 2.45) is 0 Å². The Morgan fingerprint density at radius 2 is 2.27 bits per heavy atom. The highest BCUT2D eigenvalue weighted by atomic mass is 79.9. The molecule has 1 amide bonds. The molecule has 2 saturated heterocycles. The predicted octanol–water partition coefficient (Wildman–Crippen LogP) is 2.69. The summed E-state index contributed by atoms with van der Waals surface area (Å²) in [7, 11) is 0. The number of halogens is 1. The van der Waals surface area contributed by atoms with E-state index in [1.807, 2.05) is 6.92 Å². The summed E-state index contributed by atoms with van der Waals surface area (Å²) < 4.78 is 6.00. The van der Waals surface area contributed by atoms with Crippen molar-refractivity contribution in [3.8, 4) is 0 Å². The zero-order valence-electron chi connectivity index (χ0n) is 11.8. The molecule has 0 bridgehead atoms. The van der Waals surface area contributed by atoms with Gasteiger partial charge in [-0.25, -0.2) is 4.79 Å². The molecule has 3 rings (SSSR count). The van der Waals surface area contributed by atoms with Gasteiger partial charge in [0, 0.05) is 12.2 Å². The highest BCUT2D eigenvalue weighted by molar-refractivity contribution is 9.11. The summed E-state index contributed by atoms with van der Waals surface area (Å²) in [6.45, 7) is 1.69. The van der Waals surface area contributed by atoms with Gasteiger partial charge in [0.2, 0.25) is 11.7 Å². The standard InChI is InChI=1S/C14H14BrNO4S2/c1-14-5-4-12(18)16(14)8(7-21-14)13(19)20-6-9(17)10-2-3-11(15)22-10/h2-3,8H,4-7H2,1H3/t8-,14+/m1/s1. The SMILES string of the molecule is C[C@]12CCC(=O)N1[C@@H](C(=O)OCC(=O)c1ccc(Br)s1)CS2. The minimum absolute atomic E-state index is 0.0111. The molecule has 8 heteroatoms. The number of carbonyl (C=O) groups is 3. The van der Waals surface area contributed by atoms with E-state index < -0.39 is 12.0 Å². The molecule has 0 N–H and O–H groups in total. The van der Waals surface area contributed by atoms with E-state index in [0.717, 1.165) is 10.2 Å². The fourth-order valence-corrected chi connectivity index (χ4v) is 5.49. The lowest BCUT2D eigenvalue weighted by atomic mass is 10.2. The van der Waals surface area contributed by atoms with Crippen molar-refractivity contribution >= 4 is 56.7 Å². The van der Waals surface area contributed by atoms with Gasteiger partial charge in [-0.05, 0) is 41.4 Å². The van der Waals surface area contributed by atoms with Crippen molar-refractivity contribution in [1.82, 2.24) is 4.90 Å². The third-order valence-corrected chi connectivity index (χ3v) is 7.08. The fourth-order valence-electron chi connectivity index (χ4n) is 2.76. The summed E-state index contributed by atoms with van der Waals surface area (Å²) in [5, 5.41) is 0. The molecule has 0 aromatic carbocycles. The van der Waals surface area contributed by atoms with Crippen LogP contribution in [0.4, 0.5) is 0 Å². The minimum Gasteiger partial charge on any atom is -0.456 e. The van der Waals surface area contributed by atoms with Crippen LogP contribution >= 0.6 is 39.0 Å². The number of thiophene rings is 1. The number of ketones is 1. The van der Waals surface area contributed by atoms with Crippen LogP contribution in [0, 0.1) is 0 Å². The molecular formula is C14H14BrNO4S2. The monoisotopic (exact) mass is 403 g/mol. The third-order valence-electron chi connectivity index (χ3n) is 3.91. The Kier molecular flexibility index (Phi) is 4.35. The van der Waals surface area contributed by atoms with Gasteiger partial charge in [-0.3, -0.25) is 9.59 Å². The summed E-state index contributed by atoms with van der Waals surface area (Å²) >= 11 is 6.20. The van der Waals surface area contributed by atoms with Crippen LogP contribution in [-0.2, 0) is 14.3 Å². The minimum atomic E-state index is -0.576.